The van der Waals surface area contributed by atoms with Crippen molar-refractivity contribution in [1.82, 2.24) is 39.7 Å². The molecule has 1 aliphatic rings. The average Bonchev–Trinajstić information content (AvgIpc) is 3.36. The summed E-state index contributed by atoms with van der Waals surface area (Å²) in [5, 5.41) is 20.8. The highest BCUT2D eigenvalue weighted by molar-refractivity contribution is 5.92. The first-order chi connectivity index (χ1) is 13.7. The van der Waals surface area contributed by atoms with Gasteiger partial charge in [-0.05, 0) is 24.3 Å². The number of rotatable bonds is 4. The summed E-state index contributed by atoms with van der Waals surface area (Å²) in [7, 11) is 1.79. The third-order valence-electron chi connectivity index (χ3n) is 4.90. The molecule has 10 nitrogen and oxygen atoms in total. The lowest BCUT2D eigenvalue weighted by molar-refractivity contribution is 0.0698. The Hall–Kier alpha value is -3.82. The fourth-order valence-electron chi connectivity index (χ4n) is 3.17. The number of aromatic nitrogens is 7. The van der Waals surface area contributed by atoms with E-state index in [1.165, 1.54) is 11.0 Å². The van der Waals surface area contributed by atoms with E-state index in [0.717, 1.165) is 11.5 Å². The predicted molar refractivity (Wildman–Crippen MR) is 100 cm³/mol. The number of hydrogen-bond acceptors (Lipinski definition) is 7. The van der Waals surface area contributed by atoms with Crippen LogP contribution in [0.25, 0.3) is 11.3 Å². The van der Waals surface area contributed by atoms with E-state index in [2.05, 4.69) is 30.4 Å². The molecule has 28 heavy (non-hydrogen) atoms. The van der Waals surface area contributed by atoms with E-state index < -0.39 is 0 Å². The SMILES string of the molecule is CN(C(=O)c1cnn(-c2ccccc2)n1)C1CN(c2ccc3nncn3n2)C1. The highest BCUT2D eigenvalue weighted by Gasteiger charge is 2.34. The van der Waals surface area contributed by atoms with Crippen LogP contribution in [0, 0.1) is 0 Å². The van der Waals surface area contributed by atoms with Gasteiger partial charge in [0.15, 0.2) is 11.3 Å². The van der Waals surface area contributed by atoms with E-state index in [-0.39, 0.29) is 11.9 Å². The van der Waals surface area contributed by atoms with Gasteiger partial charge in [-0.15, -0.1) is 20.4 Å². The van der Waals surface area contributed by atoms with Gasteiger partial charge in [0, 0.05) is 20.1 Å². The molecular formula is C18H17N9O. The van der Waals surface area contributed by atoms with Crippen LogP contribution in [0.2, 0.25) is 0 Å². The van der Waals surface area contributed by atoms with Crippen LogP contribution >= 0.6 is 0 Å². The third-order valence-corrected chi connectivity index (χ3v) is 4.90. The van der Waals surface area contributed by atoms with Gasteiger partial charge >= 0.3 is 0 Å². The summed E-state index contributed by atoms with van der Waals surface area (Å²) in [6, 6.07) is 13.4. The molecule has 0 aliphatic carbocycles. The van der Waals surface area contributed by atoms with Crippen molar-refractivity contribution >= 4 is 17.4 Å². The molecule has 1 aromatic carbocycles. The molecule has 10 heteroatoms. The normalized spacial score (nSPS) is 14.2. The van der Waals surface area contributed by atoms with E-state index >= 15 is 0 Å². The van der Waals surface area contributed by atoms with Gasteiger partial charge in [0.25, 0.3) is 5.91 Å². The zero-order valence-electron chi connectivity index (χ0n) is 15.1. The van der Waals surface area contributed by atoms with Crippen molar-refractivity contribution in [2.75, 3.05) is 25.0 Å². The Balaban J connectivity index is 1.25. The second-order valence-corrected chi connectivity index (χ2v) is 6.65. The van der Waals surface area contributed by atoms with Crippen molar-refractivity contribution in [2.24, 2.45) is 0 Å². The van der Waals surface area contributed by atoms with Crippen molar-refractivity contribution in [3.05, 3.63) is 60.7 Å². The minimum atomic E-state index is -0.144. The largest absolute Gasteiger partial charge is 0.351 e. The number of hydrogen-bond donors (Lipinski definition) is 0. The van der Waals surface area contributed by atoms with Crippen molar-refractivity contribution in [3.8, 4) is 5.69 Å². The molecule has 0 radical (unpaired) electrons. The van der Waals surface area contributed by atoms with Crippen molar-refractivity contribution in [3.63, 3.8) is 0 Å². The number of anilines is 1. The fraction of sp³-hybridized carbons (Fsp3) is 0.222. The Morgan fingerprint density at radius 1 is 1.11 bits per heavy atom. The second-order valence-electron chi connectivity index (χ2n) is 6.65. The zero-order valence-corrected chi connectivity index (χ0v) is 15.1. The molecule has 0 N–H and O–H groups in total. The Kier molecular flexibility index (Phi) is 3.75. The van der Waals surface area contributed by atoms with Gasteiger partial charge in [-0.25, -0.2) is 0 Å². The first kappa shape index (κ1) is 16.4. The molecule has 0 atom stereocenters. The molecule has 0 saturated carbocycles. The average molecular weight is 375 g/mol. The Morgan fingerprint density at radius 3 is 2.75 bits per heavy atom. The molecule has 5 rings (SSSR count). The van der Waals surface area contributed by atoms with E-state index in [4.69, 9.17) is 0 Å². The van der Waals surface area contributed by atoms with Gasteiger partial charge in [0.05, 0.1) is 17.9 Å². The van der Waals surface area contributed by atoms with Gasteiger partial charge in [-0.1, -0.05) is 18.2 Å². The van der Waals surface area contributed by atoms with Crippen molar-refractivity contribution in [2.45, 2.75) is 6.04 Å². The van der Waals surface area contributed by atoms with Gasteiger partial charge in [-0.3, -0.25) is 4.79 Å². The number of fused-ring (bicyclic) bond motifs is 1. The van der Waals surface area contributed by atoms with Crippen LogP contribution in [0.3, 0.4) is 0 Å². The quantitative estimate of drug-likeness (QED) is 0.517. The highest BCUT2D eigenvalue weighted by Crippen LogP contribution is 2.22. The highest BCUT2D eigenvalue weighted by atomic mass is 16.2. The summed E-state index contributed by atoms with van der Waals surface area (Å²) >= 11 is 0. The topological polar surface area (TPSA) is 97.3 Å². The molecule has 0 unspecified atom stereocenters. The van der Waals surface area contributed by atoms with Crippen LogP contribution in [0.1, 0.15) is 10.5 Å². The number of para-hydroxylation sites is 1. The van der Waals surface area contributed by atoms with Crippen LogP contribution in [0.4, 0.5) is 5.82 Å². The first-order valence-corrected chi connectivity index (χ1v) is 8.86. The van der Waals surface area contributed by atoms with Crippen LogP contribution in [0.5, 0.6) is 0 Å². The lowest BCUT2D eigenvalue weighted by Gasteiger charge is -2.44. The van der Waals surface area contributed by atoms with E-state index in [9.17, 15) is 4.79 Å². The number of nitrogens with zero attached hydrogens (tertiary/aromatic N) is 9. The summed E-state index contributed by atoms with van der Waals surface area (Å²) in [4.78, 5) is 18.0. The van der Waals surface area contributed by atoms with Crippen LogP contribution < -0.4 is 4.90 Å². The molecule has 140 valence electrons. The molecule has 1 saturated heterocycles. The standard InChI is InChI=1S/C18H17N9O/c1-24(18(28)15-9-20-27(22-15)13-5-3-2-4-6-13)14-10-25(11-14)17-8-7-16-21-19-12-26(16)23-17/h2-9,12,14H,10-11H2,1H3. The lowest BCUT2D eigenvalue weighted by atomic mass is 10.1. The molecule has 1 amide bonds. The van der Waals surface area contributed by atoms with Crippen molar-refractivity contribution in [1.29, 1.82) is 0 Å². The predicted octanol–water partition coefficient (Wildman–Crippen LogP) is 0.666. The monoisotopic (exact) mass is 375 g/mol. The summed E-state index contributed by atoms with van der Waals surface area (Å²) in [5.41, 5.74) is 1.85. The number of benzene rings is 1. The Morgan fingerprint density at radius 2 is 1.93 bits per heavy atom. The lowest BCUT2D eigenvalue weighted by Crippen LogP contribution is -2.60. The van der Waals surface area contributed by atoms with Crippen LogP contribution in [0.15, 0.2) is 55.0 Å². The maximum atomic E-state index is 12.8. The van der Waals surface area contributed by atoms with Gasteiger partial charge in [0.2, 0.25) is 0 Å². The maximum absolute atomic E-state index is 12.8. The Labute approximate surface area is 160 Å². The Bertz CT molecular complexity index is 1130. The van der Waals surface area contributed by atoms with Gasteiger partial charge in [-0.2, -0.15) is 14.4 Å². The summed E-state index contributed by atoms with van der Waals surface area (Å²) in [5.74, 6) is 0.688. The van der Waals surface area contributed by atoms with E-state index in [1.807, 2.05) is 42.5 Å². The number of carbonyl (C=O) groups excluding carboxylic acids is 1. The van der Waals surface area contributed by atoms with Gasteiger partial charge in [0.1, 0.15) is 12.1 Å². The van der Waals surface area contributed by atoms with E-state index in [0.29, 0.717) is 24.4 Å². The molecule has 1 fully saturated rings. The van der Waals surface area contributed by atoms with Crippen LogP contribution in [-0.2, 0) is 0 Å². The van der Waals surface area contributed by atoms with Gasteiger partial charge < -0.3 is 9.80 Å². The molecule has 0 spiro atoms. The number of likely N-dealkylation sites (N-methyl/N-ethyl adjacent to an activating group) is 1. The first-order valence-electron chi connectivity index (χ1n) is 8.86. The molecular weight excluding hydrogens is 358 g/mol. The molecule has 0 bridgehead atoms. The molecule has 1 aliphatic heterocycles. The maximum Gasteiger partial charge on any atom is 0.276 e. The molecule has 4 heterocycles. The van der Waals surface area contributed by atoms with Crippen LogP contribution in [-0.4, -0.2) is 71.8 Å². The zero-order chi connectivity index (χ0) is 19.1. The van der Waals surface area contributed by atoms with Crippen molar-refractivity contribution < 1.29 is 4.79 Å². The molecule has 4 aromatic rings. The minimum Gasteiger partial charge on any atom is -0.351 e. The smallest absolute Gasteiger partial charge is 0.276 e. The number of carbonyl (C=O) groups is 1. The van der Waals surface area contributed by atoms with E-state index in [1.54, 1.807) is 22.8 Å². The molecule has 3 aromatic heterocycles. The summed E-state index contributed by atoms with van der Waals surface area (Å²) in [6.45, 7) is 1.41. The summed E-state index contributed by atoms with van der Waals surface area (Å²) in [6.07, 6.45) is 3.08. The number of amides is 1. The minimum absolute atomic E-state index is 0.0905. The summed E-state index contributed by atoms with van der Waals surface area (Å²) < 4.78 is 1.64. The fourth-order valence-corrected chi connectivity index (χ4v) is 3.17. The third kappa shape index (κ3) is 2.75. The second kappa shape index (κ2) is 6.41.